The maximum Gasteiger partial charge on any atom is 0.417 e. The molecule has 1 saturated heterocycles. The number of cyclic esters (lactones) is 1. The van der Waals surface area contributed by atoms with Crippen molar-refractivity contribution in [3.05, 3.63) is 78.9 Å². The normalized spacial score (nSPS) is 17.5. The van der Waals surface area contributed by atoms with E-state index in [1.54, 1.807) is 18.2 Å². The molecule has 2 atom stereocenters. The summed E-state index contributed by atoms with van der Waals surface area (Å²) in [6.07, 6.45) is 1.01. The van der Waals surface area contributed by atoms with Crippen molar-refractivity contribution in [1.29, 1.82) is 0 Å². The number of para-hydroxylation sites is 1. The minimum atomic E-state index is -0.821. The SMILES string of the molecule is C=CC[C@@H](Oc1ccccc1)C(=O)N1C(=O)OC[C@@H]1Cc1ccccc1. The third-order valence-corrected chi connectivity index (χ3v) is 4.19. The Morgan fingerprint density at radius 2 is 1.85 bits per heavy atom. The molecule has 0 saturated carbocycles. The standard InChI is InChI=1S/C21H21NO4/c1-2-9-19(26-18-12-7-4-8-13-18)20(23)22-17(15-25-21(22)24)14-16-10-5-3-6-11-16/h2-8,10-13,17,19H,1,9,14-15H2/t17-,19+/m0/s1. The molecule has 2 aromatic carbocycles. The first-order valence-corrected chi connectivity index (χ1v) is 8.55. The summed E-state index contributed by atoms with van der Waals surface area (Å²) in [4.78, 5) is 26.4. The number of benzene rings is 2. The first-order chi connectivity index (χ1) is 12.7. The fourth-order valence-electron chi connectivity index (χ4n) is 2.94. The summed E-state index contributed by atoms with van der Waals surface area (Å²) < 4.78 is 10.9. The van der Waals surface area contributed by atoms with Crippen LogP contribution in [0.4, 0.5) is 4.79 Å². The molecular formula is C21H21NO4. The number of imide groups is 1. The summed E-state index contributed by atoms with van der Waals surface area (Å²) in [5.41, 5.74) is 1.04. The van der Waals surface area contributed by atoms with Gasteiger partial charge in [-0.1, -0.05) is 54.6 Å². The molecule has 3 rings (SSSR count). The highest BCUT2D eigenvalue weighted by Crippen LogP contribution is 2.21. The predicted molar refractivity (Wildman–Crippen MR) is 97.8 cm³/mol. The summed E-state index contributed by atoms with van der Waals surface area (Å²) in [6.45, 7) is 3.88. The second kappa shape index (κ2) is 8.34. The van der Waals surface area contributed by atoms with Crippen molar-refractivity contribution in [3.63, 3.8) is 0 Å². The maximum absolute atomic E-state index is 13.0. The fourth-order valence-corrected chi connectivity index (χ4v) is 2.94. The number of amides is 2. The van der Waals surface area contributed by atoms with Crippen molar-refractivity contribution in [2.75, 3.05) is 6.61 Å². The Bertz CT molecular complexity index is 760. The Morgan fingerprint density at radius 1 is 1.19 bits per heavy atom. The van der Waals surface area contributed by atoms with Gasteiger partial charge in [0.25, 0.3) is 5.91 Å². The summed E-state index contributed by atoms with van der Waals surface area (Å²) in [5.74, 6) is 0.164. The van der Waals surface area contributed by atoms with Gasteiger partial charge < -0.3 is 9.47 Å². The van der Waals surface area contributed by atoms with Crippen molar-refractivity contribution in [2.24, 2.45) is 0 Å². The molecule has 2 aromatic rings. The van der Waals surface area contributed by atoms with Crippen molar-refractivity contribution in [2.45, 2.75) is 25.0 Å². The van der Waals surface area contributed by atoms with Gasteiger partial charge >= 0.3 is 6.09 Å². The molecule has 0 radical (unpaired) electrons. The lowest BCUT2D eigenvalue weighted by Gasteiger charge is -2.25. The van der Waals surface area contributed by atoms with Crippen molar-refractivity contribution < 1.29 is 19.1 Å². The first kappa shape index (κ1) is 17.7. The van der Waals surface area contributed by atoms with Crippen LogP contribution >= 0.6 is 0 Å². The van der Waals surface area contributed by atoms with E-state index in [0.29, 0.717) is 18.6 Å². The van der Waals surface area contributed by atoms with Crippen LogP contribution in [0.25, 0.3) is 0 Å². The molecule has 0 aliphatic carbocycles. The van der Waals surface area contributed by atoms with Crippen LogP contribution in [0.15, 0.2) is 73.3 Å². The highest BCUT2D eigenvalue weighted by molar-refractivity contribution is 5.96. The fraction of sp³-hybridized carbons (Fsp3) is 0.238. The van der Waals surface area contributed by atoms with Crippen LogP contribution in [0.1, 0.15) is 12.0 Å². The van der Waals surface area contributed by atoms with Gasteiger partial charge in [0.15, 0.2) is 6.10 Å². The second-order valence-electron chi connectivity index (χ2n) is 6.07. The van der Waals surface area contributed by atoms with Gasteiger partial charge in [0.1, 0.15) is 12.4 Å². The van der Waals surface area contributed by atoms with E-state index in [-0.39, 0.29) is 12.6 Å². The Hall–Kier alpha value is -3.08. The van der Waals surface area contributed by atoms with Gasteiger partial charge in [0, 0.05) is 6.42 Å². The minimum absolute atomic E-state index is 0.186. The predicted octanol–water partition coefficient (Wildman–Crippen LogP) is 3.60. The third kappa shape index (κ3) is 4.11. The lowest BCUT2D eigenvalue weighted by Crippen LogP contribution is -2.47. The second-order valence-corrected chi connectivity index (χ2v) is 6.07. The number of hydrogen-bond acceptors (Lipinski definition) is 4. The number of hydrogen-bond donors (Lipinski definition) is 0. The van der Waals surface area contributed by atoms with Gasteiger partial charge in [-0.25, -0.2) is 9.69 Å². The first-order valence-electron chi connectivity index (χ1n) is 8.55. The quantitative estimate of drug-likeness (QED) is 0.715. The molecule has 5 nitrogen and oxygen atoms in total. The van der Waals surface area contributed by atoms with Gasteiger partial charge in [-0.2, -0.15) is 0 Å². The van der Waals surface area contributed by atoms with E-state index in [2.05, 4.69) is 6.58 Å². The van der Waals surface area contributed by atoms with E-state index < -0.39 is 18.1 Å². The highest BCUT2D eigenvalue weighted by atomic mass is 16.6. The Balaban J connectivity index is 1.77. The van der Waals surface area contributed by atoms with Gasteiger partial charge in [0.2, 0.25) is 0 Å². The molecule has 0 spiro atoms. The topological polar surface area (TPSA) is 55.8 Å². The van der Waals surface area contributed by atoms with Crippen molar-refractivity contribution in [1.82, 2.24) is 4.90 Å². The molecule has 0 aromatic heterocycles. The third-order valence-electron chi connectivity index (χ3n) is 4.19. The molecule has 2 amide bonds. The van der Waals surface area contributed by atoms with Crippen molar-refractivity contribution in [3.8, 4) is 5.75 Å². The van der Waals surface area contributed by atoms with Gasteiger partial charge in [-0.05, 0) is 24.1 Å². The average molecular weight is 351 g/mol. The van der Waals surface area contributed by atoms with E-state index in [4.69, 9.17) is 9.47 Å². The average Bonchev–Trinajstić information content (AvgIpc) is 3.02. The molecule has 1 aliphatic rings. The lowest BCUT2D eigenvalue weighted by molar-refractivity contribution is -0.136. The molecule has 26 heavy (non-hydrogen) atoms. The molecule has 1 aliphatic heterocycles. The maximum atomic E-state index is 13.0. The molecular weight excluding hydrogens is 330 g/mol. The van der Waals surface area contributed by atoms with Crippen LogP contribution < -0.4 is 4.74 Å². The minimum Gasteiger partial charge on any atom is -0.480 e. The zero-order valence-corrected chi connectivity index (χ0v) is 14.4. The van der Waals surface area contributed by atoms with E-state index >= 15 is 0 Å². The number of rotatable bonds is 7. The smallest absolute Gasteiger partial charge is 0.417 e. The summed E-state index contributed by atoms with van der Waals surface area (Å²) in [6, 6.07) is 18.4. The molecule has 5 heteroatoms. The number of carbonyl (C=O) groups is 2. The molecule has 134 valence electrons. The Morgan fingerprint density at radius 3 is 2.50 bits per heavy atom. The largest absolute Gasteiger partial charge is 0.480 e. The molecule has 0 bridgehead atoms. The van der Waals surface area contributed by atoms with Crippen LogP contribution in [0, 0.1) is 0 Å². The van der Waals surface area contributed by atoms with E-state index in [9.17, 15) is 9.59 Å². The summed E-state index contributed by atoms with van der Waals surface area (Å²) in [5, 5.41) is 0. The van der Waals surface area contributed by atoms with Crippen LogP contribution in [-0.2, 0) is 16.0 Å². The van der Waals surface area contributed by atoms with E-state index in [1.165, 1.54) is 4.90 Å². The molecule has 0 unspecified atom stereocenters. The van der Waals surface area contributed by atoms with Gasteiger partial charge in [-0.15, -0.1) is 6.58 Å². The van der Waals surface area contributed by atoms with Crippen molar-refractivity contribution >= 4 is 12.0 Å². The Labute approximate surface area is 152 Å². The van der Waals surface area contributed by atoms with Crippen LogP contribution in [-0.4, -0.2) is 35.7 Å². The van der Waals surface area contributed by atoms with Crippen LogP contribution in [0.3, 0.4) is 0 Å². The monoisotopic (exact) mass is 351 g/mol. The molecule has 1 heterocycles. The van der Waals surface area contributed by atoms with Crippen LogP contribution in [0.2, 0.25) is 0 Å². The van der Waals surface area contributed by atoms with E-state index in [1.807, 2.05) is 48.5 Å². The van der Waals surface area contributed by atoms with E-state index in [0.717, 1.165) is 5.56 Å². The number of ether oxygens (including phenoxy) is 2. The number of carbonyl (C=O) groups excluding carboxylic acids is 2. The summed E-state index contributed by atoms with van der Waals surface area (Å²) in [7, 11) is 0. The Kier molecular flexibility index (Phi) is 5.69. The number of nitrogens with zero attached hydrogens (tertiary/aromatic N) is 1. The molecule has 1 fully saturated rings. The molecule has 0 N–H and O–H groups in total. The highest BCUT2D eigenvalue weighted by Gasteiger charge is 2.41. The zero-order valence-electron chi connectivity index (χ0n) is 14.4. The lowest BCUT2D eigenvalue weighted by atomic mass is 10.1. The zero-order chi connectivity index (χ0) is 18.4. The van der Waals surface area contributed by atoms with Gasteiger partial charge in [-0.3, -0.25) is 4.79 Å². The van der Waals surface area contributed by atoms with Gasteiger partial charge in [0.05, 0.1) is 6.04 Å². The summed E-state index contributed by atoms with van der Waals surface area (Å²) >= 11 is 0. The van der Waals surface area contributed by atoms with Crippen LogP contribution in [0.5, 0.6) is 5.75 Å².